The highest BCUT2D eigenvalue weighted by Gasteiger charge is 2.26. The van der Waals surface area contributed by atoms with E-state index in [-0.39, 0.29) is 0 Å². The molecule has 2 N–H and O–H groups in total. The molecule has 0 atom stereocenters. The molecule has 0 aromatic heterocycles. The number of nitrogens with zero attached hydrogens (tertiary/aromatic N) is 4. The summed E-state index contributed by atoms with van der Waals surface area (Å²) in [5.74, 6) is 5.66. The zero-order chi connectivity index (χ0) is 13.0. The number of hydrazine groups is 1. The van der Waals surface area contributed by atoms with Crippen molar-refractivity contribution in [1.29, 1.82) is 0 Å². The molecule has 0 bridgehead atoms. The first kappa shape index (κ1) is 14.2. The number of likely N-dealkylation sites (N-methyl/N-ethyl adjacent to an activating group) is 1. The third-order valence-corrected chi connectivity index (χ3v) is 4.38. The van der Waals surface area contributed by atoms with E-state index in [2.05, 4.69) is 21.7 Å². The maximum absolute atomic E-state index is 5.66. The summed E-state index contributed by atoms with van der Waals surface area (Å²) in [5.41, 5.74) is 0. The number of hydrogen-bond acceptors (Lipinski definition) is 5. The van der Waals surface area contributed by atoms with E-state index < -0.39 is 0 Å². The first-order chi connectivity index (χ1) is 8.65. The van der Waals surface area contributed by atoms with Crippen LogP contribution in [0.25, 0.3) is 0 Å². The second kappa shape index (κ2) is 6.82. The van der Waals surface area contributed by atoms with E-state index in [1.54, 1.807) is 5.01 Å². The summed E-state index contributed by atoms with van der Waals surface area (Å²) in [6, 6.07) is 0.834. The molecule has 2 aliphatic heterocycles. The van der Waals surface area contributed by atoms with Gasteiger partial charge < -0.3 is 4.90 Å². The fraction of sp³-hybridized carbons (Fsp3) is 1.00. The SMILES string of the molecule is CN(N)CCN1CCN(C2CCN(C)CC2)CC1. The molecule has 0 aromatic rings. The van der Waals surface area contributed by atoms with Crippen molar-refractivity contribution < 1.29 is 0 Å². The van der Waals surface area contributed by atoms with Gasteiger partial charge in [-0.15, -0.1) is 0 Å². The minimum atomic E-state index is 0.834. The molecule has 2 aliphatic rings. The second-order valence-corrected chi connectivity index (χ2v) is 5.89. The number of likely N-dealkylation sites (tertiary alicyclic amines) is 1. The highest BCUT2D eigenvalue weighted by molar-refractivity contribution is 4.82. The highest BCUT2D eigenvalue weighted by atomic mass is 15.4. The lowest BCUT2D eigenvalue weighted by Gasteiger charge is -2.42. The van der Waals surface area contributed by atoms with Gasteiger partial charge in [-0.3, -0.25) is 15.6 Å². The van der Waals surface area contributed by atoms with Crippen molar-refractivity contribution in [2.75, 3.05) is 66.5 Å². The number of rotatable bonds is 4. The standard InChI is InChI=1S/C13H29N5/c1-15-5-3-13(4-6-15)18-11-9-17(10-12-18)8-7-16(2)14/h13H,3-12,14H2,1-2H3. The molecule has 5 heteroatoms. The van der Waals surface area contributed by atoms with Gasteiger partial charge in [-0.2, -0.15) is 0 Å². The smallest absolute Gasteiger partial charge is 0.0253 e. The number of hydrogen-bond donors (Lipinski definition) is 1. The minimum Gasteiger partial charge on any atom is -0.306 e. The Labute approximate surface area is 111 Å². The lowest BCUT2D eigenvalue weighted by atomic mass is 10.0. The van der Waals surface area contributed by atoms with Crippen molar-refractivity contribution in [3.05, 3.63) is 0 Å². The van der Waals surface area contributed by atoms with Crippen molar-refractivity contribution in [2.45, 2.75) is 18.9 Å². The number of piperazine rings is 1. The normalized spacial score (nSPS) is 26.0. The Bertz CT molecular complexity index is 230. The van der Waals surface area contributed by atoms with E-state index in [0.29, 0.717) is 0 Å². The summed E-state index contributed by atoms with van der Waals surface area (Å²) < 4.78 is 0. The molecule has 2 rings (SSSR count). The second-order valence-electron chi connectivity index (χ2n) is 5.89. The molecule has 0 amide bonds. The Kier molecular flexibility index (Phi) is 5.38. The zero-order valence-corrected chi connectivity index (χ0v) is 12.0. The van der Waals surface area contributed by atoms with Crippen LogP contribution in [0.15, 0.2) is 0 Å². The van der Waals surface area contributed by atoms with Crippen molar-refractivity contribution in [2.24, 2.45) is 5.84 Å². The molecule has 0 aromatic carbocycles. The van der Waals surface area contributed by atoms with Crippen LogP contribution < -0.4 is 5.84 Å². The molecule has 0 unspecified atom stereocenters. The van der Waals surface area contributed by atoms with E-state index in [4.69, 9.17) is 5.84 Å². The maximum atomic E-state index is 5.66. The topological polar surface area (TPSA) is 39.0 Å². The van der Waals surface area contributed by atoms with Crippen molar-refractivity contribution in [3.63, 3.8) is 0 Å². The van der Waals surface area contributed by atoms with Gasteiger partial charge in [-0.05, 0) is 33.0 Å². The zero-order valence-electron chi connectivity index (χ0n) is 12.0. The van der Waals surface area contributed by atoms with Crippen LogP contribution in [0.4, 0.5) is 0 Å². The summed E-state index contributed by atoms with van der Waals surface area (Å²) in [4.78, 5) is 7.69. The summed E-state index contributed by atoms with van der Waals surface area (Å²) in [6.45, 7) is 9.50. The number of nitrogens with two attached hydrogens (primary N) is 1. The lowest BCUT2D eigenvalue weighted by molar-refractivity contribution is 0.0615. The average molecular weight is 255 g/mol. The first-order valence-corrected chi connectivity index (χ1v) is 7.26. The predicted octanol–water partition coefficient (Wildman–Crippen LogP) is -0.496. The summed E-state index contributed by atoms with van der Waals surface area (Å²) in [7, 11) is 4.17. The molecule has 0 spiro atoms. The Morgan fingerprint density at radius 3 is 2.22 bits per heavy atom. The highest BCUT2D eigenvalue weighted by Crippen LogP contribution is 2.17. The quantitative estimate of drug-likeness (QED) is 0.542. The Hall–Kier alpha value is -0.200. The summed E-state index contributed by atoms with van der Waals surface area (Å²) in [6.07, 6.45) is 2.70. The van der Waals surface area contributed by atoms with Gasteiger partial charge in [0.1, 0.15) is 0 Å². The fourth-order valence-electron chi connectivity index (χ4n) is 3.01. The van der Waals surface area contributed by atoms with Crippen LogP contribution in [0, 0.1) is 0 Å². The molecule has 0 radical (unpaired) electrons. The van der Waals surface area contributed by atoms with Crippen LogP contribution in [0.2, 0.25) is 0 Å². The van der Waals surface area contributed by atoms with Crippen LogP contribution in [-0.2, 0) is 0 Å². The van der Waals surface area contributed by atoms with Crippen LogP contribution in [0.3, 0.4) is 0 Å². The van der Waals surface area contributed by atoms with Crippen molar-refractivity contribution in [1.82, 2.24) is 19.7 Å². The van der Waals surface area contributed by atoms with Gasteiger partial charge in [-0.1, -0.05) is 0 Å². The van der Waals surface area contributed by atoms with E-state index >= 15 is 0 Å². The predicted molar refractivity (Wildman–Crippen MR) is 75.3 cm³/mol. The third-order valence-electron chi connectivity index (χ3n) is 4.38. The molecule has 18 heavy (non-hydrogen) atoms. The van der Waals surface area contributed by atoms with Gasteiger partial charge in [0.15, 0.2) is 0 Å². The van der Waals surface area contributed by atoms with Gasteiger partial charge in [0.05, 0.1) is 0 Å². The van der Waals surface area contributed by atoms with Crippen LogP contribution >= 0.6 is 0 Å². The maximum Gasteiger partial charge on any atom is 0.0253 e. The van der Waals surface area contributed by atoms with Crippen LogP contribution in [0.5, 0.6) is 0 Å². The van der Waals surface area contributed by atoms with Gasteiger partial charge in [0.2, 0.25) is 0 Å². The van der Waals surface area contributed by atoms with Gasteiger partial charge in [0, 0.05) is 52.4 Å². The van der Waals surface area contributed by atoms with Crippen molar-refractivity contribution in [3.8, 4) is 0 Å². The lowest BCUT2D eigenvalue weighted by Crippen LogP contribution is -2.53. The van der Waals surface area contributed by atoms with Gasteiger partial charge in [0.25, 0.3) is 0 Å². The van der Waals surface area contributed by atoms with E-state index in [0.717, 1.165) is 19.1 Å². The summed E-state index contributed by atoms with van der Waals surface area (Å²) >= 11 is 0. The number of piperidine rings is 1. The Morgan fingerprint density at radius 1 is 1.06 bits per heavy atom. The molecule has 2 saturated heterocycles. The van der Waals surface area contributed by atoms with Gasteiger partial charge >= 0.3 is 0 Å². The first-order valence-electron chi connectivity index (χ1n) is 7.26. The Balaban J connectivity index is 1.67. The fourth-order valence-corrected chi connectivity index (χ4v) is 3.01. The van der Waals surface area contributed by atoms with Crippen LogP contribution in [0.1, 0.15) is 12.8 Å². The van der Waals surface area contributed by atoms with E-state index in [1.165, 1.54) is 52.1 Å². The molecular weight excluding hydrogens is 226 g/mol. The van der Waals surface area contributed by atoms with E-state index in [1.807, 2.05) is 7.05 Å². The molecule has 5 nitrogen and oxygen atoms in total. The van der Waals surface area contributed by atoms with Crippen molar-refractivity contribution >= 4 is 0 Å². The Morgan fingerprint density at radius 2 is 1.67 bits per heavy atom. The monoisotopic (exact) mass is 255 g/mol. The molecular formula is C13H29N5. The van der Waals surface area contributed by atoms with Crippen LogP contribution in [-0.4, -0.2) is 92.2 Å². The largest absolute Gasteiger partial charge is 0.306 e. The average Bonchev–Trinajstić information content (AvgIpc) is 2.38. The van der Waals surface area contributed by atoms with Gasteiger partial charge in [-0.25, -0.2) is 5.01 Å². The molecule has 0 saturated carbocycles. The minimum absolute atomic E-state index is 0.834. The molecule has 2 fully saturated rings. The summed E-state index contributed by atoms with van der Waals surface area (Å²) in [5, 5.41) is 1.78. The third kappa shape index (κ3) is 4.17. The molecule has 0 aliphatic carbocycles. The molecule has 106 valence electrons. The van der Waals surface area contributed by atoms with E-state index in [9.17, 15) is 0 Å². The molecule has 2 heterocycles.